The molecule has 2 aromatic rings. The molecule has 0 radical (unpaired) electrons. The first-order chi connectivity index (χ1) is 16.9. The molecule has 0 aromatic heterocycles. The van der Waals surface area contributed by atoms with E-state index in [-0.39, 0.29) is 24.0 Å². The number of carbonyl (C=O) groups excluding carboxylic acids is 2. The average molecular weight is 482 g/mol. The van der Waals surface area contributed by atoms with Crippen LogP contribution in [-0.4, -0.2) is 56.8 Å². The fourth-order valence-corrected chi connectivity index (χ4v) is 4.70. The van der Waals surface area contributed by atoms with Crippen molar-refractivity contribution in [1.82, 2.24) is 10.2 Å². The van der Waals surface area contributed by atoms with Crippen LogP contribution in [0.4, 0.5) is 10.5 Å². The lowest BCUT2D eigenvalue weighted by atomic mass is 9.96. The van der Waals surface area contributed by atoms with Gasteiger partial charge in [0.2, 0.25) is 5.91 Å². The van der Waals surface area contributed by atoms with Crippen molar-refractivity contribution in [1.29, 1.82) is 0 Å². The average Bonchev–Trinajstić information content (AvgIpc) is 2.90. The highest BCUT2D eigenvalue weighted by molar-refractivity contribution is 5.94. The maximum atomic E-state index is 13.5. The van der Waals surface area contributed by atoms with Crippen LogP contribution in [0, 0.1) is 12.8 Å². The molecule has 35 heavy (non-hydrogen) atoms. The number of amides is 3. The van der Waals surface area contributed by atoms with E-state index in [9.17, 15) is 9.59 Å². The van der Waals surface area contributed by atoms with Crippen LogP contribution in [0.5, 0.6) is 17.2 Å². The molecule has 0 spiro atoms. The van der Waals surface area contributed by atoms with Crippen molar-refractivity contribution in [2.24, 2.45) is 5.92 Å². The molecule has 8 nitrogen and oxygen atoms in total. The van der Waals surface area contributed by atoms with Crippen molar-refractivity contribution in [3.8, 4) is 17.2 Å². The summed E-state index contributed by atoms with van der Waals surface area (Å²) >= 11 is 0. The van der Waals surface area contributed by atoms with Gasteiger partial charge >= 0.3 is 6.03 Å². The lowest BCUT2D eigenvalue weighted by Gasteiger charge is -2.39. The highest BCUT2D eigenvalue weighted by Crippen LogP contribution is 2.36. The van der Waals surface area contributed by atoms with Crippen LogP contribution in [0.2, 0.25) is 0 Å². The molecule has 2 heterocycles. The quantitative estimate of drug-likeness (QED) is 0.671. The van der Waals surface area contributed by atoms with Gasteiger partial charge in [0.25, 0.3) is 0 Å². The Morgan fingerprint density at radius 2 is 1.86 bits per heavy atom. The first-order valence-electron chi connectivity index (χ1n) is 12.3. The molecule has 188 valence electrons. The summed E-state index contributed by atoms with van der Waals surface area (Å²) in [6.45, 7) is 6.08. The summed E-state index contributed by atoms with van der Waals surface area (Å²) in [7, 11) is 3.22. The monoisotopic (exact) mass is 481 g/mol. The minimum absolute atomic E-state index is 0.000335. The molecule has 1 atom stereocenters. The van der Waals surface area contributed by atoms with E-state index in [1.165, 1.54) is 0 Å². The number of benzene rings is 2. The summed E-state index contributed by atoms with van der Waals surface area (Å²) < 4.78 is 16.8. The van der Waals surface area contributed by atoms with E-state index in [0.29, 0.717) is 50.5 Å². The number of carbonyl (C=O) groups is 2. The van der Waals surface area contributed by atoms with Crippen LogP contribution >= 0.6 is 0 Å². The molecule has 0 unspecified atom stereocenters. The molecular formula is C27H35N3O5. The van der Waals surface area contributed by atoms with Gasteiger partial charge in [-0.25, -0.2) is 4.79 Å². The number of urea groups is 1. The molecule has 1 saturated heterocycles. The van der Waals surface area contributed by atoms with Crippen LogP contribution in [-0.2, 0) is 11.3 Å². The van der Waals surface area contributed by atoms with Gasteiger partial charge in [-0.3, -0.25) is 9.69 Å². The summed E-state index contributed by atoms with van der Waals surface area (Å²) in [5, 5.41) is 3.03. The zero-order chi connectivity index (χ0) is 24.9. The number of methoxy groups -OCH3 is 2. The van der Waals surface area contributed by atoms with Gasteiger partial charge in [-0.1, -0.05) is 13.0 Å². The van der Waals surface area contributed by atoms with Crippen molar-refractivity contribution in [2.75, 3.05) is 38.8 Å². The number of fused-ring (bicyclic) bond motifs is 1. The molecular weight excluding hydrogens is 446 g/mol. The maximum Gasteiger partial charge on any atom is 0.324 e. The molecule has 1 N–H and O–H groups in total. The fraction of sp³-hybridized carbons (Fsp3) is 0.481. The van der Waals surface area contributed by atoms with Gasteiger partial charge in [-0.05, 0) is 62.1 Å². The number of piperidine rings is 1. The first kappa shape index (κ1) is 24.7. The van der Waals surface area contributed by atoms with Crippen LogP contribution in [0.3, 0.4) is 0 Å². The Morgan fingerprint density at radius 1 is 1.09 bits per heavy atom. The van der Waals surface area contributed by atoms with Gasteiger partial charge in [-0.15, -0.1) is 0 Å². The summed E-state index contributed by atoms with van der Waals surface area (Å²) in [4.78, 5) is 30.1. The number of likely N-dealkylation sites (tertiary alicyclic amines) is 1. The fourth-order valence-electron chi connectivity index (χ4n) is 4.70. The molecule has 8 heteroatoms. The molecule has 2 aromatic carbocycles. The highest BCUT2D eigenvalue weighted by Gasteiger charge is 2.34. The Bertz CT molecular complexity index is 1060. The predicted octanol–water partition coefficient (Wildman–Crippen LogP) is 4.14. The number of hydrogen-bond donors (Lipinski definition) is 1. The Kier molecular flexibility index (Phi) is 7.68. The molecule has 0 saturated carbocycles. The summed E-state index contributed by atoms with van der Waals surface area (Å²) in [5.41, 5.74) is 2.77. The minimum Gasteiger partial charge on any atom is -0.497 e. The van der Waals surface area contributed by atoms with E-state index >= 15 is 0 Å². The van der Waals surface area contributed by atoms with Crippen LogP contribution < -0.4 is 24.4 Å². The molecule has 3 amide bonds. The minimum atomic E-state index is -0.127. The first-order valence-corrected chi connectivity index (χ1v) is 12.3. The Labute approximate surface area is 207 Å². The number of nitrogens with one attached hydrogen (secondary N) is 1. The zero-order valence-electron chi connectivity index (χ0n) is 21.0. The van der Waals surface area contributed by atoms with Crippen LogP contribution in [0.1, 0.15) is 37.3 Å². The molecule has 2 aliphatic heterocycles. The van der Waals surface area contributed by atoms with Crippen molar-refractivity contribution >= 4 is 17.6 Å². The second-order valence-electron chi connectivity index (χ2n) is 9.17. The number of nitrogens with zero attached hydrogens (tertiary/aromatic N) is 2. The van der Waals surface area contributed by atoms with Crippen molar-refractivity contribution in [3.05, 3.63) is 47.5 Å². The normalized spacial score (nSPS) is 17.9. The molecule has 2 aliphatic rings. The number of hydrogen-bond acceptors (Lipinski definition) is 5. The Morgan fingerprint density at radius 3 is 2.54 bits per heavy atom. The largest absolute Gasteiger partial charge is 0.497 e. The molecule has 0 aliphatic carbocycles. The number of aryl methyl sites for hydroxylation is 1. The molecule has 1 fully saturated rings. The number of anilines is 1. The molecule has 4 rings (SSSR count). The SMILES string of the molecule is CC[C@H]1CN(C(=O)N2CCC(C(=O)NCc3cc(OC)ccc3OC)CC2)c2cc(C)ccc2O1. The standard InChI is InChI=1S/C27H35N3O5/c1-5-21-17-30(23-14-18(2)6-8-25(23)35-21)27(32)29-12-10-19(11-13-29)26(31)28-16-20-15-22(33-3)7-9-24(20)34-4/h6-9,14-15,19,21H,5,10-13,16-17H2,1-4H3,(H,28,31)/t21-/m0/s1. The Hall–Kier alpha value is -3.42. The van der Waals surface area contributed by atoms with Gasteiger partial charge in [0.15, 0.2) is 0 Å². The second kappa shape index (κ2) is 10.9. The van der Waals surface area contributed by atoms with E-state index in [1.54, 1.807) is 14.2 Å². The van der Waals surface area contributed by atoms with E-state index in [2.05, 4.69) is 12.2 Å². The van der Waals surface area contributed by atoms with E-state index in [1.807, 2.05) is 53.1 Å². The van der Waals surface area contributed by atoms with E-state index in [0.717, 1.165) is 29.0 Å². The van der Waals surface area contributed by atoms with Crippen molar-refractivity contribution < 1.29 is 23.8 Å². The predicted molar refractivity (Wildman–Crippen MR) is 134 cm³/mol. The maximum absolute atomic E-state index is 13.5. The topological polar surface area (TPSA) is 80.3 Å². The number of rotatable bonds is 6. The summed E-state index contributed by atoms with van der Waals surface area (Å²) in [5.74, 6) is 2.05. The highest BCUT2D eigenvalue weighted by atomic mass is 16.5. The third-order valence-corrected chi connectivity index (χ3v) is 6.85. The van der Waals surface area contributed by atoms with E-state index in [4.69, 9.17) is 14.2 Å². The Balaban J connectivity index is 1.35. The van der Waals surface area contributed by atoms with Gasteiger partial charge < -0.3 is 24.4 Å². The number of ether oxygens (including phenoxy) is 3. The van der Waals surface area contributed by atoms with Gasteiger partial charge in [0, 0.05) is 31.1 Å². The van der Waals surface area contributed by atoms with Crippen molar-refractivity contribution in [3.63, 3.8) is 0 Å². The lowest BCUT2D eigenvalue weighted by Crippen LogP contribution is -2.52. The molecule has 0 bridgehead atoms. The summed E-state index contributed by atoms with van der Waals surface area (Å²) in [6.07, 6.45) is 2.08. The third kappa shape index (κ3) is 5.47. The summed E-state index contributed by atoms with van der Waals surface area (Å²) in [6, 6.07) is 11.5. The van der Waals surface area contributed by atoms with Crippen molar-refractivity contribution in [2.45, 2.75) is 45.8 Å². The second-order valence-corrected chi connectivity index (χ2v) is 9.17. The van der Waals surface area contributed by atoms with Gasteiger partial charge in [-0.2, -0.15) is 0 Å². The van der Waals surface area contributed by atoms with Gasteiger partial charge in [0.1, 0.15) is 23.4 Å². The zero-order valence-corrected chi connectivity index (χ0v) is 21.0. The van der Waals surface area contributed by atoms with Crippen LogP contribution in [0.25, 0.3) is 0 Å². The van der Waals surface area contributed by atoms with Crippen LogP contribution in [0.15, 0.2) is 36.4 Å². The van der Waals surface area contributed by atoms with Gasteiger partial charge in [0.05, 0.1) is 26.5 Å². The smallest absolute Gasteiger partial charge is 0.324 e. The lowest BCUT2D eigenvalue weighted by molar-refractivity contribution is -0.126. The third-order valence-electron chi connectivity index (χ3n) is 6.85. The van der Waals surface area contributed by atoms with E-state index < -0.39 is 0 Å².